The Hall–Kier alpha value is -3.39. The molecule has 2 aromatic rings. The summed E-state index contributed by atoms with van der Waals surface area (Å²) in [6, 6.07) is 14.0. The number of nitrogens with one attached hydrogen (secondary N) is 3. The summed E-state index contributed by atoms with van der Waals surface area (Å²) in [6.07, 6.45) is 2.10. The topological polar surface area (TPSA) is 99.8 Å². The summed E-state index contributed by atoms with van der Waals surface area (Å²) in [5.41, 5.74) is 2.70. The molecule has 0 spiro atoms. The maximum atomic E-state index is 12.2. The number of ether oxygens (including phenoxy) is 1. The lowest BCUT2D eigenvalue weighted by molar-refractivity contribution is -0.116. The number of nitrogens with zero attached hydrogens (tertiary/aromatic N) is 1. The van der Waals surface area contributed by atoms with Gasteiger partial charge in [0.1, 0.15) is 0 Å². The van der Waals surface area contributed by atoms with Crippen molar-refractivity contribution in [2.45, 2.75) is 25.9 Å². The average molecular weight is 425 g/mol. The zero-order chi connectivity index (χ0) is 22.2. The minimum atomic E-state index is -0.208. The van der Waals surface area contributed by atoms with Crippen molar-refractivity contribution in [3.63, 3.8) is 0 Å². The summed E-state index contributed by atoms with van der Waals surface area (Å²) in [4.78, 5) is 37.3. The van der Waals surface area contributed by atoms with Crippen LogP contribution in [-0.4, -0.2) is 50.6 Å². The molecule has 0 bridgehead atoms. The van der Waals surface area contributed by atoms with Crippen LogP contribution in [0.4, 0.5) is 17.1 Å². The maximum Gasteiger partial charge on any atom is 0.251 e. The Bertz CT molecular complexity index is 906. The van der Waals surface area contributed by atoms with Gasteiger partial charge in [0.05, 0.1) is 12.6 Å². The second-order valence-electron chi connectivity index (χ2n) is 7.45. The lowest BCUT2D eigenvalue weighted by Crippen LogP contribution is -2.31. The lowest BCUT2D eigenvalue weighted by atomic mass is 10.2. The first-order valence-electron chi connectivity index (χ1n) is 10.3. The van der Waals surface area contributed by atoms with Crippen molar-refractivity contribution in [2.75, 3.05) is 42.3 Å². The van der Waals surface area contributed by atoms with Crippen LogP contribution in [0, 0.1) is 0 Å². The van der Waals surface area contributed by atoms with E-state index in [0.29, 0.717) is 17.8 Å². The van der Waals surface area contributed by atoms with Crippen LogP contribution in [0.1, 0.15) is 30.1 Å². The molecule has 0 saturated carbocycles. The molecular formula is C23H28N4O4. The zero-order valence-corrected chi connectivity index (χ0v) is 17.8. The Morgan fingerprint density at radius 3 is 2.32 bits per heavy atom. The molecule has 31 heavy (non-hydrogen) atoms. The highest BCUT2D eigenvalue weighted by Gasteiger charge is 2.16. The molecule has 1 aliphatic heterocycles. The maximum absolute atomic E-state index is 12.2. The molecule has 8 nitrogen and oxygen atoms in total. The number of carbonyl (C=O) groups is 3. The van der Waals surface area contributed by atoms with E-state index in [9.17, 15) is 14.4 Å². The number of rotatable bonds is 8. The van der Waals surface area contributed by atoms with Crippen molar-refractivity contribution in [1.29, 1.82) is 0 Å². The third-order valence-electron chi connectivity index (χ3n) is 5.13. The normalized spacial score (nSPS) is 15.2. The Morgan fingerprint density at radius 2 is 1.71 bits per heavy atom. The molecule has 1 saturated heterocycles. The van der Waals surface area contributed by atoms with E-state index in [1.165, 1.54) is 6.92 Å². The van der Waals surface area contributed by atoms with Crippen LogP contribution in [0.3, 0.4) is 0 Å². The van der Waals surface area contributed by atoms with Gasteiger partial charge in [-0.2, -0.15) is 0 Å². The third-order valence-corrected chi connectivity index (χ3v) is 5.13. The van der Waals surface area contributed by atoms with Gasteiger partial charge in [0.2, 0.25) is 11.8 Å². The van der Waals surface area contributed by atoms with Gasteiger partial charge in [-0.15, -0.1) is 0 Å². The summed E-state index contributed by atoms with van der Waals surface area (Å²) in [5.74, 6) is -0.416. The molecule has 3 rings (SSSR count). The minimum absolute atomic E-state index is 0.0496. The predicted molar refractivity (Wildman–Crippen MR) is 120 cm³/mol. The van der Waals surface area contributed by atoms with Crippen molar-refractivity contribution < 1.29 is 19.1 Å². The van der Waals surface area contributed by atoms with Crippen LogP contribution >= 0.6 is 0 Å². The number of benzene rings is 2. The first-order valence-corrected chi connectivity index (χ1v) is 10.3. The number of hydrogen-bond acceptors (Lipinski definition) is 5. The van der Waals surface area contributed by atoms with Gasteiger partial charge in [-0.1, -0.05) is 0 Å². The highest BCUT2D eigenvalue weighted by molar-refractivity contribution is 5.96. The first kappa shape index (κ1) is 22.3. The summed E-state index contributed by atoms with van der Waals surface area (Å²) in [7, 11) is 1.71. The van der Waals surface area contributed by atoms with E-state index in [0.717, 1.165) is 30.8 Å². The van der Waals surface area contributed by atoms with Crippen LogP contribution in [-0.2, 0) is 14.3 Å². The van der Waals surface area contributed by atoms with E-state index < -0.39 is 0 Å². The fourth-order valence-electron chi connectivity index (χ4n) is 3.19. The molecule has 2 aromatic carbocycles. The molecule has 1 unspecified atom stereocenters. The van der Waals surface area contributed by atoms with Gasteiger partial charge in [0.15, 0.2) is 0 Å². The van der Waals surface area contributed by atoms with Gasteiger partial charge >= 0.3 is 0 Å². The van der Waals surface area contributed by atoms with Crippen LogP contribution in [0.5, 0.6) is 0 Å². The van der Waals surface area contributed by atoms with E-state index in [2.05, 4.69) is 16.0 Å². The molecule has 0 aromatic heterocycles. The molecule has 3 N–H and O–H groups in total. The summed E-state index contributed by atoms with van der Waals surface area (Å²) in [5, 5.41) is 8.71. The fraction of sp³-hybridized carbons (Fsp3) is 0.348. The van der Waals surface area contributed by atoms with Crippen molar-refractivity contribution in [3.8, 4) is 0 Å². The van der Waals surface area contributed by atoms with Crippen molar-refractivity contribution >= 4 is 34.8 Å². The van der Waals surface area contributed by atoms with E-state index in [-0.39, 0.29) is 30.4 Å². The van der Waals surface area contributed by atoms with Crippen LogP contribution in [0.25, 0.3) is 0 Å². The molecule has 0 aliphatic carbocycles. The lowest BCUT2D eigenvalue weighted by Gasteiger charge is -2.15. The standard InChI is InChI=1S/C23H28N4O4/c1-16(28)27(2)20-11-9-18(10-12-20)24-15-22(29)26-19-7-5-17(6-8-19)23(30)25-14-21-4-3-13-31-21/h5-12,21,24H,3-4,13-15H2,1-2H3,(H,25,30)(H,26,29). The second kappa shape index (κ2) is 10.6. The summed E-state index contributed by atoms with van der Waals surface area (Å²) < 4.78 is 5.50. The van der Waals surface area contributed by atoms with E-state index in [1.807, 2.05) is 24.3 Å². The quantitative estimate of drug-likeness (QED) is 0.605. The number of anilines is 3. The Kier molecular flexibility index (Phi) is 7.61. The molecule has 3 amide bonds. The fourth-order valence-corrected chi connectivity index (χ4v) is 3.19. The van der Waals surface area contributed by atoms with Gasteiger partial charge in [0.25, 0.3) is 5.91 Å². The largest absolute Gasteiger partial charge is 0.376 e. The van der Waals surface area contributed by atoms with Gasteiger partial charge < -0.3 is 25.6 Å². The predicted octanol–water partition coefficient (Wildman–Crippen LogP) is 2.63. The third kappa shape index (κ3) is 6.55. The monoisotopic (exact) mass is 424 g/mol. The highest BCUT2D eigenvalue weighted by atomic mass is 16.5. The van der Waals surface area contributed by atoms with Crippen LogP contribution in [0.15, 0.2) is 48.5 Å². The molecule has 8 heteroatoms. The smallest absolute Gasteiger partial charge is 0.251 e. The van der Waals surface area contributed by atoms with E-state index in [1.54, 1.807) is 36.2 Å². The van der Waals surface area contributed by atoms with E-state index in [4.69, 9.17) is 4.74 Å². The zero-order valence-electron chi connectivity index (χ0n) is 17.8. The molecular weight excluding hydrogens is 396 g/mol. The Morgan fingerprint density at radius 1 is 1.03 bits per heavy atom. The molecule has 1 atom stereocenters. The number of hydrogen-bond donors (Lipinski definition) is 3. The van der Waals surface area contributed by atoms with Crippen molar-refractivity contribution in [3.05, 3.63) is 54.1 Å². The van der Waals surface area contributed by atoms with Crippen LogP contribution < -0.4 is 20.9 Å². The molecule has 1 aliphatic rings. The summed E-state index contributed by atoms with van der Waals surface area (Å²) >= 11 is 0. The minimum Gasteiger partial charge on any atom is -0.376 e. The molecule has 164 valence electrons. The first-order chi connectivity index (χ1) is 14.9. The summed E-state index contributed by atoms with van der Waals surface area (Å²) in [6.45, 7) is 2.85. The van der Waals surface area contributed by atoms with Crippen molar-refractivity contribution in [2.24, 2.45) is 0 Å². The Balaban J connectivity index is 1.43. The molecule has 1 heterocycles. The van der Waals surface area contributed by atoms with E-state index >= 15 is 0 Å². The SMILES string of the molecule is CC(=O)N(C)c1ccc(NCC(=O)Nc2ccc(C(=O)NCC3CCCO3)cc2)cc1. The molecule has 0 radical (unpaired) electrons. The molecule has 1 fully saturated rings. The second-order valence-corrected chi connectivity index (χ2v) is 7.45. The van der Waals surface area contributed by atoms with Gasteiger partial charge in [0, 0.05) is 49.7 Å². The highest BCUT2D eigenvalue weighted by Crippen LogP contribution is 2.17. The Labute approximate surface area is 182 Å². The van der Waals surface area contributed by atoms with Gasteiger partial charge in [-0.05, 0) is 61.4 Å². The number of carbonyl (C=O) groups excluding carboxylic acids is 3. The average Bonchev–Trinajstić information content (AvgIpc) is 3.30. The van der Waals surface area contributed by atoms with Gasteiger partial charge in [-0.25, -0.2) is 0 Å². The van der Waals surface area contributed by atoms with Crippen LogP contribution in [0.2, 0.25) is 0 Å². The number of amides is 3. The van der Waals surface area contributed by atoms with Gasteiger partial charge in [-0.3, -0.25) is 14.4 Å². The van der Waals surface area contributed by atoms with Crippen molar-refractivity contribution in [1.82, 2.24) is 5.32 Å².